The maximum Gasteiger partial charge on any atom is 0.291 e. The quantitative estimate of drug-likeness (QED) is 0.733. The van der Waals surface area contributed by atoms with Crippen LogP contribution in [-0.4, -0.2) is 27.1 Å². The van der Waals surface area contributed by atoms with Gasteiger partial charge in [0.2, 0.25) is 0 Å². The minimum Gasteiger partial charge on any atom is -0.497 e. The number of nitrogens with one attached hydrogen (secondary N) is 1. The van der Waals surface area contributed by atoms with E-state index in [-0.39, 0.29) is 11.7 Å². The van der Waals surface area contributed by atoms with E-state index in [4.69, 9.17) is 20.8 Å². The van der Waals surface area contributed by atoms with Crippen LogP contribution >= 0.6 is 11.6 Å². The second kappa shape index (κ2) is 6.69. The van der Waals surface area contributed by atoms with E-state index < -0.39 is 0 Å². The van der Waals surface area contributed by atoms with Crippen molar-refractivity contribution in [2.24, 2.45) is 0 Å². The first-order valence-corrected chi connectivity index (χ1v) is 8.14. The van der Waals surface area contributed by atoms with Gasteiger partial charge in [-0.3, -0.25) is 4.79 Å². The number of halogens is 1. The van der Waals surface area contributed by atoms with Crippen molar-refractivity contribution in [1.29, 1.82) is 0 Å². The molecule has 5 nitrogen and oxygen atoms in total. The maximum atomic E-state index is 12.7. The minimum atomic E-state index is -0.321. The molecule has 0 atom stereocenters. The molecule has 0 aliphatic carbocycles. The highest BCUT2D eigenvalue weighted by molar-refractivity contribution is 6.31. The van der Waals surface area contributed by atoms with Gasteiger partial charge in [-0.15, -0.1) is 0 Å². The molecular formula is C19H19ClN2O3. The van der Waals surface area contributed by atoms with Crippen molar-refractivity contribution in [1.82, 2.24) is 0 Å². The van der Waals surface area contributed by atoms with Crippen LogP contribution in [0.25, 0.3) is 11.0 Å². The minimum absolute atomic E-state index is 0.271. The number of fused-ring (bicyclic) bond motifs is 1. The summed E-state index contributed by atoms with van der Waals surface area (Å²) in [7, 11) is 5.40. The summed E-state index contributed by atoms with van der Waals surface area (Å²) in [6.45, 7) is 1.85. The zero-order valence-electron chi connectivity index (χ0n) is 14.5. The average Bonchev–Trinajstić information content (AvgIpc) is 2.91. The van der Waals surface area contributed by atoms with Gasteiger partial charge in [0.1, 0.15) is 11.3 Å². The number of rotatable bonds is 4. The third-order valence-electron chi connectivity index (χ3n) is 4.04. The van der Waals surface area contributed by atoms with Crippen molar-refractivity contribution in [3.8, 4) is 5.75 Å². The molecule has 0 spiro atoms. The zero-order valence-corrected chi connectivity index (χ0v) is 15.3. The van der Waals surface area contributed by atoms with Gasteiger partial charge in [0, 0.05) is 30.1 Å². The smallest absolute Gasteiger partial charge is 0.291 e. The molecule has 0 fully saturated rings. The van der Waals surface area contributed by atoms with Gasteiger partial charge in [0.25, 0.3) is 5.91 Å². The molecular weight excluding hydrogens is 340 g/mol. The number of hydrogen-bond acceptors (Lipinski definition) is 4. The highest BCUT2D eigenvalue weighted by atomic mass is 35.5. The first-order chi connectivity index (χ1) is 11.9. The van der Waals surface area contributed by atoms with Gasteiger partial charge in [0.15, 0.2) is 5.76 Å². The SMILES string of the molecule is COc1ccc2oc(C(=O)Nc3cc(Cl)ccc3N(C)C)c(C)c2c1. The van der Waals surface area contributed by atoms with Gasteiger partial charge >= 0.3 is 0 Å². The third kappa shape index (κ3) is 3.28. The largest absolute Gasteiger partial charge is 0.497 e. The number of aryl methyl sites for hydroxylation is 1. The van der Waals surface area contributed by atoms with Crippen LogP contribution in [0.5, 0.6) is 5.75 Å². The summed E-state index contributed by atoms with van der Waals surface area (Å²) >= 11 is 6.07. The lowest BCUT2D eigenvalue weighted by Gasteiger charge is -2.18. The fourth-order valence-corrected chi connectivity index (χ4v) is 2.89. The lowest BCUT2D eigenvalue weighted by Crippen LogP contribution is -2.17. The lowest BCUT2D eigenvalue weighted by atomic mass is 10.1. The van der Waals surface area contributed by atoms with Gasteiger partial charge in [0.05, 0.1) is 18.5 Å². The van der Waals surface area contributed by atoms with E-state index in [1.165, 1.54) is 0 Å². The topological polar surface area (TPSA) is 54.7 Å². The van der Waals surface area contributed by atoms with Crippen LogP contribution in [0.3, 0.4) is 0 Å². The molecule has 25 heavy (non-hydrogen) atoms. The van der Waals surface area contributed by atoms with E-state index in [1.807, 2.05) is 38.1 Å². The van der Waals surface area contributed by atoms with Crippen molar-refractivity contribution < 1.29 is 13.9 Å². The Balaban J connectivity index is 1.98. The molecule has 0 saturated carbocycles. The second-order valence-corrected chi connectivity index (χ2v) is 6.36. The van der Waals surface area contributed by atoms with Gasteiger partial charge in [-0.1, -0.05) is 11.6 Å². The summed E-state index contributed by atoms with van der Waals surface area (Å²) in [5.41, 5.74) is 2.88. The van der Waals surface area contributed by atoms with Crippen LogP contribution in [0, 0.1) is 6.92 Å². The Morgan fingerprint density at radius 1 is 1.20 bits per heavy atom. The highest BCUT2D eigenvalue weighted by Gasteiger charge is 2.19. The summed E-state index contributed by atoms with van der Waals surface area (Å²) in [5, 5.41) is 4.29. The normalized spacial score (nSPS) is 10.8. The summed E-state index contributed by atoms with van der Waals surface area (Å²) in [6.07, 6.45) is 0. The monoisotopic (exact) mass is 358 g/mol. The maximum absolute atomic E-state index is 12.7. The number of carbonyl (C=O) groups is 1. The number of amides is 1. The van der Waals surface area contributed by atoms with Gasteiger partial charge in [-0.05, 0) is 43.3 Å². The number of benzene rings is 2. The van der Waals surface area contributed by atoms with Crippen LogP contribution in [0.15, 0.2) is 40.8 Å². The molecule has 1 amide bonds. The molecule has 1 heterocycles. The van der Waals surface area contributed by atoms with E-state index >= 15 is 0 Å². The fraction of sp³-hybridized carbons (Fsp3) is 0.211. The predicted octanol–water partition coefficient (Wildman–Crippen LogP) is 4.72. The predicted molar refractivity (Wildman–Crippen MR) is 101 cm³/mol. The molecule has 0 aliphatic rings. The van der Waals surface area contributed by atoms with Crippen molar-refractivity contribution in [3.63, 3.8) is 0 Å². The van der Waals surface area contributed by atoms with E-state index in [9.17, 15) is 4.79 Å². The molecule has 3 rings (SSSR count). The molecule has 2 aromatic carbocycles. The fourth-order valence-electron chi connectivity index (χ4n) is 2.72. The molecule has 3 aromatic rings. The summed E-state index contributed by atoms with van der Waals surface area (Å²) in [5.74, 6) is 0.666. The third-order valence-corrected chi connectivity index (χ3v) is 4.27. The molecule has 1 aromatic heterocycles. The molecule has 1 N–H and O–H groups in total. The Bertz CT molecular complexity index is 947. The Labute approximate surface area is 151 Å². The average molecular weight is 359 g/mol. The van der Waals surface area contributed by atoms with Crippen molar-refractivity contribution in [2.45, 2.75) is 6.92 Å². The number of ether oxygens (including phenoxy) is 1. The molecule has 0 radical (unpaired) electrons. The Morgan fingerprint density at radius 2 is 1.96 bits per heavy atom. The second-order valence-electron chi connectivity index (χ2n) is 5.93. The van der Waals surface area contributed by atoms with Crippen LogP contribution < -0.4 is 15.0 Å². The molecule has 6 heteroatoms. The Morgan fingerprint density at radius 3 is 2.64 bits per heavy atom. The highest BCUT2D eigenvalue weighted by Crippen LogP contribution is 2.31. The van der Waals surface area contributed by atoms with Crippen molar-refractivity contribution in [2.75, 3.05) is 31.4 Å². The van der Waals surface area contributed by atoms with E-state index in [1.54, 1.807) is 31.4 Å². The zero-order chi connectivity index (χ0) is 18.1. The molecule has 0 bridgehead atoms. The molecule has 0 unspecified atom stereocenters. The molecule has 0 saturated heterocycles. The standard InChI is InChI=1S/C19H19ClN2O3/c1-11-14-10-13(24-4)6-8-17(14)25-18(11)19(23)21-15-9-12(20)5-7-16(15)22(2)3/h5-10H,1-4H3,(H,21,23). The van der Waals surface area contributed by atoms with Gasteiger partial charge in [-0.25, -0.2) is 0 Å². The lowest BCUT2D eigenvalue weighted by molar-refractivity contribution is 0.0998. The van der Waals surface area contributed by atoms with Crippen LogP contribution in [0.1, 0.15) is 16.1 Å². The van der Waals surface area contributed by atoms with Gasteiger partial charge < -0.3 is 19.4 Å². The van der Waals surface area contributed by atoms with E-state index in [2.05, 4.69) is 5.32 Å². The van der Waals surface area contributed by atoms with Crippen LogP contribution in [0.4, 0.5) is 11.4 Å². The number of furan rings is 1. The van der Waals surface area contributed by atoms with Crippen LogP contribution in [0.2, 0.25) is 5.02 Å². The van der Waals surface area contributed by atoms with E-state index in [0.29, 0.717) is 22.0 Å². The summed E-state index contributed by atoms with van der Waals surface area (Å²) in [4.78, 5) is 14.7. The van der Waals surface area contributed by atoms with Gasteiger partial charge in [-0.2, -0.15) is 0 Å². The number of anilines is 2. The molecule has 130 valence electrons. The number of nitrogens with zero attached hydrogens (tertiary/aromatic N) is 1. The van der Waals surface area contributed by atoms with Crippen molar-refractivity contribution >= 4 is 39.9 Å². The first-order valence-electron chi connectivity index (χ1n) is 7.76. The number of carbonyl (C=O) groups excluding carboxylic acids is 1. The summed E-state index contributed by atoms with van der Waals surface area (Å²) < 4.78 is 11.0. The van der Waals surface area contributed by atoms with Crippen molar-refractivity contribution in [3.05, 3.63) is 52.7 Å². The Hall–Kier alpha value is -2.66. The Kier molecular flexibility index (Phi) is 4.59. The summed E-state index contributed by atoms with van der Waals surface area (Å²) in [6, 6.07) is 10.8. The molecule has 0 aliphatic heterocycles. The number of methoxy groups -OCH3 is 1. The van der Waals surface area contributed by atoms with E-state index in [0.717, 1.165) is 16.6 Å². The van der Waals surface area contributed by atoms with Crippen LogP contribution in [-0.2, 0) is 0 Å². The first kappa shape index (κ1) is 17.2. The number of hydrogen-bond donors (Lipinski definition) is 1.